The number of pyridine rings is 1. The van der Waals surface area contributed by atoms with Gasteiger partial charge in [0.25, 0.3) is 0 Å². The molecule has 31 heavy (non-hydrogen) atoms. The lowest BCUT2D eigenvalue weighted by Crippen LogP contribution is -2.49. The molecule has 2 aliphatic heterocycles. The number of benzene rings is 1. The van der Waals surface area contributed by atoms with E-state index in [4.69, 9.17) is 0 Å². The number of hydrogen-bond acceptors (Lipinski definition) is 5. The van der Waals surface area contributed by atoms with Crippen LogP contribution in [0.1, 0.15) is 18.2 Å². The highest BCUT2D eigenvalue weighted by Crippen LogP contribution is 2.32. The fourth-order valence-electron chi connectivity index (χ4n) is 3.93. The van der Waals surface area contributed by atoms with Crippen molar-refractivity contribution in [3.63, 3.8) is 0 Å². The van der Waals surface area contributed by atoms with E-state index in [0.29, 0.717) is 13.0 Å². The fourth-order valence-corrected chi connectivity index (χ4v) is 5.40. The molecule has 1 amide bonds. The maximum absolute atomic E-state index is 13.1. The first kappa shape index (κ1) is 21.6. The number of alkyl halides is 3. The van der Waals surface area contributed by atoms with E-state index in [2.05, 4.69) is 4.98 Å². The van der Waals surface area contributed by atoms with E-state index in [1.165, 1.54) is 29.4 Å². The van der Waals surface area contributed by atoms with Crippen molar-refractivity contribution in [2.45, 2.75) is 24.4 Å². The van der Waals surface area contributed by atoms with Crippen LogP contribution < -0.4 is 9.80 Å². The predicted octanol–water partition coefficient (Wildman–Crippen LogP) is 2.52. The van der Waals surface area contributed by atoms with Crippen LogP contribution in [-0.4, -0.2) is 56.3 Å². The predicted molar refractivity (Wildman–Crippen MR) is 108 cm³/mol. The van der Waals surface area contributed by atoms with Crippen molar-refractivity contribution in [1.29, 1.82) is 0 Å². The molecule has 1 aromatic carbocycles. The third kappa shape index (κ3) is 4.11. The fraction of sp³-hybridized carbons (Fsp3) is 0.400. The molecular weight excluding hydrogens is 433 g/mol. The summed E-state index contributed by atoms with van der Waals surface area (Å²) < 4.78 is 66.3. The van der Waals surface area contributed by atoms with E-state index in [0.717, 1.165) is 17.3 Å². The molecule has 1 saturated heterocycles. The Morgan fingerprint density at radius 1 is 1.03 bits per heavy atom. The Bertz CT molecular complexity index is 1110. The summed E-state index contributed by atoms with van der Waals surface area (Å²) in [6, 6.07) is 8.44. The standard InChI is InChI=1S/C20H21F3N4O3S/c1-14(28)27-8-7-15-13-16(5-6-17(15)27)31(29,30)26-11-9-25(10-12-26)19-4-2-3-18(24-19)20(21,22)23/h2-6,13H,7-12H2,1H3. The summed E-state index contributed by atoms with van der Waals surface area (Å²) in [6.07, 6.45) is -3.94. The highest BCUT2D eigenvalue weighted by molar-refractivity contribution is 7.89. The van der Waals surface area contributed by atoms with Crippen molar-refractivity contribution < 1.29 is 26.4 Å². The molecule has 2 aromatic rings. The Kier molecular flexibility index (Phi) is 5.42. The first-order chi connectivity index (χ1) is 14.6. The van der Waals surface area contributed by atoms with Gasteiger partial charge in [-0.2, -0.15) is 17.5 Å². The number of piperazine rings is 1. The number of amides is 1. The first-order valence-corrected chi connectivity index (χ1v) is 11.2. The molecule has 2 aliphatic rings. The highest BCUT2D eigenvalue weighted by atomic mass is 32.2. The average Bonchev–Trinajstić information content (AvgIpc) is 3.17. The minimum atomic E-state index is -4.54. The lowest BCUT2D eigenvalue weighted by molar-refractivity contribution is -0.141. The third-order valence-corrected chi connectivity index (χ3v) is 7.45. The summed E-state index contributed by atoms with van der Waals surface area (Å²) >= 11 is 0. The molecule has 0 N–H and O–H groups in total. The summed E-state index contributed by atoms with van der Waals surface area (Å²) in [5.74, 6) is 0.0856. The molecule has 0 aliphatic carbocycles. The summed E-state index contributed by atoms with van der Waals surface area (Å²) in [5, 5.41) is 0. The number of carbonyl (C=O) groups is 1. The largest absolute Gasteiger partial charge is 0.433 e. The van der Waals surface area contributed by atoms with Crippen molar-refractivity contribution in [2.24, 2.45) is 0 Å². The maximum atomic E-state index is 13.1. The summed E-state index contributed by atoms with van der Waals surface area (Å²) in [5.41, 5.74) is 0.563. The molecule has 0 radical (unpaired) electrons. The van der Waals surface area contributed by atoms with Gasteiger partial charge in [0.05, 0.1) is 4.90 Å². The molecule has 0 saturated carbocycles. The van der Waals surface area contributed by atoms with Gasteiger partial charge in [-0.3, -0.25) is 4.79 Å². The molecule has 7 nitrogen and oxygen atoms in total. The molecule has 0 bridgehead atoms. The molecule has 166 valence electrons. The van der Waals surface area contributed by atoms with E-state index in [-0.39, 0.29) is 42.8 Å². The summed E-state index contributed by atoms with van der Waals surface area (Å²) in [7, 11) is -3.76. The zero-order valence-corrected chi connectivity index (χ0v) is 17.6. The maximum Gasteiger partial charge on any atom is 0.433 e. The van der Waals surface area contributed by atoms with Gasteiger partial charge in [0.2, 0.25) is 15.9 Å². The normalized spacial score (nSPS) is 17.7. The van der Waals surface area contributed by atoms with Gasteiger partial charge in [0, 0.05) is 45.3 Å². The SMILES string of the molecule is CC(=O)N1CCc2cc(S(=O)(=O)N3CCN(c4cccc(C(F)(F)F)n4)CC3)ccc21. The molecular formula is C20H21F3N4O3S. The minimum absolute atomic E-state index is 0.0892. The van der Waals surface area contributed by atoms with Crippen molar-refractivity contribution in [1.82, 2.24) is 9.29 Å². The van der Waals surface area contributed by atoms with Crippen LogP contribution >= 0.6 is 0 Å². The van der Waals surface area contributed by atoms with Crippen LogP contribution in [0.2, 0.25) is 0 Å². The van der Waals surface area contributed by atoms with E-state index >= 15 is 0 Å². The lowest BCUT2D eigenvalue weighted by Gasteiger charge is -2.35. The zero-order valence-electron chi connectivity index (χ0n) is 16.8. The van der Waals surface area contributed by atoms with Crippen molar-refractivity contribution in [2.75, 3.05) is 42.5 Å². The molecule has 4 rings (SSSR count). The zero-order chi connectivity index (χ0) is 22.4. The molecule has 1 fully saturated rings. The van der Waals surface area contributed by atoms with Crippen molar-refractivity contribution in [3.8, 4) is 0 Å². The number of anilines is 2. The molecule has 1 aromatic heterocycles. The Morgan fingerprint density at radius 2 is 1.74 bits per heavy atom. The Hall–Kier alpha value is -2.66. The van der Waals surface area contributed by atoms with Crippen LogP contribution in [-0.2, 0) is 27.4 Å². The number of sulfonamides is 1. The van der Waals surface area contributed by atoms with Gasteiger partial charge >= 0.3 is 6.18 Å². The van der Waals surface area contributed by atoms with Gasteiger partial charge in [-0.15, -0.1) is 0 Å². The minimum Gasteiger partial charge on any atom is -0.354 e. The molecule has 3 heterocycles. The Balaban J connectivity index is 1.48. The Morgan fingerprint density at radius 3 is 2.39 bits per heavy atom. The van der Waals surface area contributed by atoms with Crippen LogP contribution in [0, 0.1) is 0 Å². The van der Waals surface area contributed by atoms with Gasteiger partial charge in [0.15, 0.2) is 0 Å². The average molecular weight is 454 g/mol. The highest BCUT2D eigenvalue weighted by Gasteiger charge is 2.34. The monoisotopic (exact) mass is 454 g/mol. The van der Waals surface area contributed by atoms with Gasteiger partial charge in [-0.1, -0.05) is 6.07 Å². The number of aromatic nitrogens is 1. The second-order valence-corrected chi connectivity index (χ2v) is 9.42. The number of halogens is 3. The van der Waals surface area contributed by atoms with Gasteiger partial charge < -0.3 is 9.80 Å². The molecule has 0 spiro atoms. The molecule has 11 heteroatoms. The topological polar surface area (TPSA) is 73.8 Å². The molecule has 0 unspecified atom stereocenters. The van der Waals surface area contributed by atoms with Crippen LogP contribution in [0.3, 0.4) is 0 Å². The van der Waals surface area contributed by atoms with Crippen LogP contribution in [0.4, 0.5) is 24.7 Å². The van der Waals surface area contributed by atoms with Crippen LogP contribution in [0.25, 0.3) is 0 Å². The summed E-state index contributed by atoms with van der Waals surface area (Å²) in [4.78, 5) is 18.8. The van der Waals surface area contributed by atoms with Crippen LogP contribution in [0.15, 0.2) is 41.3 Å². The van der Waals surface area contributed by atoms with E-state index in [1.54, 1.807) is 21.9 Å². The third-order valence-electron chi connectivity index (χ3n) is 5.55. The van der Waals surface area contributed by atoms with Crippen LogP contribution in [0.5, 0.6) is 0 Å². The van der Waals surface area contributed by atoms with Gasteiger partial charge in [-0.25, -0.2) is 13.4 Å². The van der Waals surface area contributed by atoms with Crippen molar-refractivity contribution >= 4 is 27.4 Å². The van der Waals surface area contributed by atoms with Crippen molar-refractivity contribution in [3.05, 3.63) is 47.7 Å². The van der Waals surface area contributed by atoms with E-state index < -0.39 is 21.9 Å². The number of fused-ring (bicyclic) bond motifs is 1. The van der Waals surface area contributed by atoms with E-state index in [9.17, 15) is 26.4 Å². The first-order valence-electron chi connectivity index (χ1n) is 9.78. The lowest BCUT2D eigenvalue weighted by atomic mass is 10.2. The second kappa shape index (κ2) is 7.79. The van der Waals surface area contributed by atoms with Gasteiger partial charge in [0.1, 0.15) is 11.5 Å². The van der Waals surface area contributed by atoms with Gasteiger partial charge in [-0.05, 0) is 42.3 Å². The smallest absolute Gasteiger partial charge is 0.354 e. The number of carbonyl (C=O) groups excluding carboxylic acids is 1. The molecule has 0 atom stereocenters. The van der Waals surface area contributed by atoms with E-state index in [1.807, 2.05) is 0 Å². The Labute approximate surface area is 178 Å². The second-order valence-electron chi connectivity index (χ2n) is 7.48. The number of rotatable bonds is 3. The summed E-state index contributed by atoms with van der Waals surface area (Å²) in [6.45, 7) is 2.73. The number of hydrogen-bond donors (Lipinski definition) is 0. The number of nitrogens with zero attached hydrogens (tertiary/aromatic N) is 4. The quantitative estimate of drug-likeness (QED) is 0.713.